The zero-order valence-corrected chi connectivity index (χ0v) is 21.0. The smallest absolute Gasteiger partial charge is 0.122 e. The number of hydrogen-bond donors (Lipinski definition) is 3. The van der Waals surface area contributed by atoms with Gasteiger partial charge in [-0.15, -0.1) is 0 Å². The zero-order chi connectivity index (χ0) is 23.3. The first kappa shape index (κ1) is 27.0. The van der Waals surface area contributed by atoms with E-state index in [2.05, 4.69) is 55.4 Å². The van der Waals surface area contributed by atoms with Gasteiger partial charge in [0.15, 0.2) is 0 Å². The van der Waals surface area contributed by atoms with Gasteiger partial charge < -0.3 is 15.3 Å². The molecule has 0 aliphatic carbocycles. The van der Waals surface area contributed by atoms with Crippen LogP contribution in [-0.2, 0) is 12.8 Å². The second-order valence-electron chi connectivity index (χ2n) is 11.5. The molecule has 0 amide bonds. The Morgan fingerprint density at radius 3 is 1.33 bits per heavy atom. The Kier molecular flexibility index (Phi) is 9.89. The molecule has 1 aromatic carbocycles. The average molecular weight is 421 g/mol. The van der Waals surface area contributed by atoms with Crippen LogP contribution in [0, 0.1) is 29.6 Å². The summed E-state index contributed by atoms with van der Waals surface area (Å²) < 4.78 is 0. The lowest BCUT2D eigenvalue weighted by Gasteiger charge is -2.35. The van der Waals surface area contributed by atoms with Crippen molar-refractivity contribution in [1.29, 1.82) is 0 Å². The summed E-state index contributed by atoms with van der Waals surface area (Å²) >= 11 is 0. The van der Waals surface area contributed by atoms with Gasteiger partial charge in [0.1, 0.15) is 5.75 Å². The molecule has 174 valence electrons. The topological polar surface area (TPSA) is 60.7 Å². The van der Waals surface area contributed by atoms with Gasteiger partial charge in [0.2, 0.25) is 0 Å². The molecule has 0 heterocycles. The third-order valence-electron chi connectivity index (χ3n) is 6.62. The Balaban J connectivity index is 3.14. The van der Waals surface area contributed by atoms with E-state index in [0.717, 1.165) is 42.4 Å². The third kappa shape index (κ3) is 7.57. The molecule has 3 heteroatoms. The molecule has 30 heavy (non-hydrogen) atoms. The van der Waals surface area contributed by atoms with Crippen LogP contribution >= 0.6 is 0 Å². The van der Waals surface area contributed by atoms with E-state index in [1.807, 2.05) is 19.1 Å². The van der Waals surface area contributed by atoms with Crippen LogP contribution in [-0.4, -0.2) is 27.5 Å². The molecule has 0 bridgehead atoms. The van der Waals surface area contributed by atoms with Crippen LogP contribution in [0.15, 0.2) is 12.1 Å². The van der Waals surface area contributed by atoms with Gasteiger partial charge in [-0.05, 0) is 53.6 Å². The minimum Gasteiger partial charge on any atom is -0.507 e. The number of phenols is 1. The van der Waals surface area contributed by atoms with Gasteiger partial charge in [0.05, 0.1) is 12.2 Å². The molecule has 3 nitrogen and oxygen atoms in total. The maximum Gasteiger partial charge on any atom is 0.122 e. The molecule has 0 saturated carbocycles. The van der Waals surface area contributed by atoms with E-state index in [4.69, 9.17) is 0 Å². The molecule has 1 rings (SSSR count). The fourth-order valence-corrected chi connectivity index (χ4v) is 5.01. The van der Waals surface area contributed by atoms with Crippen LogP contribution in [0.2, 0.25) is 0 Å². The maximum atomic E-state index is 11.0. The summed E-state index contributed by atoms with van der Waals surface area (Å²) in [6.45, 7) is 19.4. The number of hydrogen-bond acceptors (Lipinski definition) is 3. The van der Waals surface area contributed by atoms with E-state index in [9.17, 15) is 15.3 Å². The molecule has 0 aliphatic heterocycles. The predicted octanol–water partition coefficient (Wildman–Crippen LogP) is 6.43. The van der Waals surface area contributed by atoms with Gasteiger partial charge in [0, 0.05) is 12.8 Å². The van der Waals surface area contributed by atoms with Crippen molar-refractivity contribution in [2.24, 2.45) is 22.7 Å². The SMILES string of the molecule is CCCC(C(O)Cc1cc(C)cc(CC(O)C(CCC)C(C)(C)C)c1O)C(C)(C)C. The number of aryl methyl sites for hydroxylation is 1. The minimum atomic E-state index is -0.502. The lowest BCUT2D eigenvalue weighted by molar-refractivity contribution is 0.0356. The third-order valence-corrected chi connectivity index (χ3v) is 6.62. The van der Waals surface area contributed by atoms with Crippen LogP contribution in [0.3, 0.4) is 0 Å². The maximum absolute atomic E-state index is 11.0. The molecule has 4 unspecified atom stereocenters. The standard InChI is InChI=1S/C27H48O3/c1-10-12-21(26(4,5)6)23(28)16-19-14-18(3)15-20(25(19)30)17-24(29)22(13-11-2)27(7,8)9/h14-15,21-24,28-30H,10-13,16-17H2,1-9H3. The highest BCUT2D eigenvalue weighted by molar-refractivity contribution is 5.44. The molecular weight excluding hydrogens is 372 g/mol. The highest BCUT2D eigenvalue weighted by Gasteiger charge is 2.33. The summed E-state index contributed by atoms with van der Waals surface area (Å²) in [4.78, 5) is 0. The molecule has 4 atom stereocenters. The molecule has 1 aromatic rings. The van der Waals surface area contributed by atoms with Gasteiger partial charge in [-0.2, -0.15) is 0 Å². The number of rotatable bonds is 10. The van der Waals surface area contributed by atoms with Crippen LogP contribution in [0.4, 0.5) is 0 Å². The van der Waals surface area contributed by atoms with Gasteiger partial charge in [0.25, 0.3) is 0 Å². The predicted molar refractivity (Wildman–Crippen MR) is 128 cm³/mol. The molecule has 0 saturated heterocycles. The van der Waals surface area contributed by atoms with E-state index in [-0.39, 0.29) is 28.4 Å². The van der Waals surface area contributed by atoms with Gasteiger partial charge in [-0.1, -0.05) is 85.9 Å². The molecule has 0 aliphatic rings. The van der Waals surface area contributed by atoms with E-state index < -0.39 is 12.2 Å². The second kappa shape index (κ2) is 11.0. The zero-order valence-electron chi connectivity index (χ0n) is 21.0. The Bertz CT molecular complexity index is 598. The lowest BCUT2D eigenvalue weighted by atomic mass is 9.73. The molecule has 3 N–H and O–H groups in total. The Morgan fingerprint density at radius 1 is 0.733 bits per heavy atom. The lowest BCUT2D eigenvalue weighted by Crippen LogP contribution is -2.34. The van der Waals surface area contributed by atoms with Crippen LogP contribution in [0.1, 0.15) is 97.8 Å². The normalized spacial score (nSPS) is 16.9. The summed E-state index contributed by atoms with van der Waals surface area (Å²) in [5.74, 6) is 0.588. The van der Waals surface area contributed by atoms with Crippen molar-refractivity contribution in [1.82, 2.24) is 0 Å². The van der Waals surface area contributed by atoms with Gasteiger partial charge in [-0.25, -0.2) is 0 Å². The number of phenolic OH excluding ortho intramolecular Hbond substituents is 1. The van der Waals surface area contributed by atoms with Crippen molar-refractivity contribution in [2.45, 2.75) is 113 Å². The number of benzene rings is 1. The van der Waals surface area contributed by atoms with Crippen molar-refractivity contribution >= 4 is 0 Å². The van der Waals surface area contributed by atoms with Crippen molar-refractivity contribution in [2.75, 3.05) is 0 Å². The highest BCUT2D eigenvalue weighted by atomic mass is 16.3. The second-order valence-corrected chi connectivity index (χ2v) is 11.5. The van der Waals surface area contributed by atoms with Crippen molar-refractivity contribution < 1.29 is 15.3 Å². The molecular formula is C27H48O3. The molecule has 0 fully saturated rings. The number of aliphatic hydroxyl groups is 2. The Labute approximate surface area is 185 Å². The first-order chi connectivity index (χ1) is 13.7. The van der Waals surface area contributed by atoms with E-state index in [1.54, 1.807) is 0 Å². The minimum absolute atomic E-state index is 0.00791. The molecule has 0 radical (unpaired) electrons. The first-order valence-electron chi connectivity index (χ1n) is 11.9. The molecule has 0 spiro atoms. The largest absolute Gasteiger partial charge is 0.507 e. The van der Waals surface area contributed by atoms with Crippen molar-refractivity contribution in [3.05, 3.63) is 28.8 Å². The average Bonchev–Trinajstić information content (AvgIpc) is 2.59. The summed E-state index contributed by atoms with van der Waals surface area (Å²) in [7, 11) is 0. The fourth-order valence-electron chi connectivity index (χ4n) is 5.01. The molecule has 0 aromatic heterocycles. The fraction of sp³-hybridized carbons (Fsp3) is 0.778. The summed E-state index contributed by atoms with van der Waals surface area (Å²) in [5.41, 5.74) is 2.65. The Morgan fingerprint density at radius 2 is 1.07 bits per heavy atom. The monoisotopic (exact) mass is 420 g/mol. The first-order valence-corrected chi connectivity index (χ1v) is 11.9. The summed E-state index contributed by atoms with van der Waals surface area (Å²) in [6.07, 6.45) is 3.87. The Hall–Kier alpha value is -1.06. The summed E-state index contributed by atoms with van der Waals surface area (Å²) in [5, 5.41) is 33.1. The van der Waals surface area contributed by atoms with E-state index in [1.165, 1.54) is 0 Å². The summed E-state index contributed by atoms with van der Waals surface area (Å²) in [6, 6.07) is 3.96. The van der Waals surface area contributed by atoms with Crippen LogP contribution in [0.25, 0.3) is 0 Å². The van der Waals surface area contributed by atoms with Crippen LogP contribution in [0.5, 0.6) is 5.75 Å². The van der Waals surface area contributed by atoms with Gasteiger partial charge in [-0.3, -0.25) is 0 Å². The van der Waals surface area contributed by atoms with Gasteiger partial charge >= 0.3 is 0 Å². The highest BCUT2D eigenvalue weighted by Crippen LogP contribution is 2.38. The van der Waals surface area contributed by atoms with E-state index in [0.29, 0.717) is 12.8 Å². The quantitative estimate of drug-likeness (QED) is 0.408. The number of aromatic hydroxyl groups is 1. The van der Waals surface area contributed by atoms with Crippen molar-refractivity contribution in [3.63, 3.8) is 0 Å². The van der Waals surface area contributed by atoms with Crippen LogP contribution < -0.4 is 0 Å². The van der Waals surface area contributed by atoms with Crippen molar-refractivity contribution in [3.8, 4) is 5.75 Å². The van der Waals surface area contributed by atoms with E-state index >= 15 is 0 Å². The number of aliphatic hydroxyl groups excluding tert-OH is 2.